The maximum Gasteiger partial charge on any atom is 0.344 e. The summed E-state index contributed by atoms with van der Waals surface area (Å²) in [7, 11) is 0. The number of urea groups is 1. The van der Waals surface area contributed by atoms with Gasteiger partial charge in [0, 0.05) is 0 Å². The van der Waals surface area contributed by atoms with Crippen LogP contribution in [0.15, 0.2) is 54.6 Å². The Kier molecular flexibility index (Phi) is 6.06. The molecule has 1 saturated carbocycles. The van der Waals surface area contributed by atoms with Gasteiger partial charge < -0.3 is 14.8 Å². The van der Waals surface area contributed by atoms with E-state index in [1.807, 2.05) is 30.3 Å². The van der Waals surface area contributed by atoms with Gasteiger partial charge in [0.25, 0.3) is 11.8 Å². The molecular weight excluding hydrogens is 398 g/mol. The van der Waals surface area contributed by atoms with Gasteiger partial charge in [0.05, 0.1) is 0 Å². The van der Waals surface area contributed by atoms with Gasteiger partial charge in [-0.15, -0.1) is 0 Å². The zero-order valence-electron chi connectivity index (χ0n) is 17.1. The third-order valence-electron chi connectivity index (χ3n) is 5.55. The lowest BCUT2D eigenvalue weighted by atomic mass is 9.82. The highest BCUT2D eigenvalue weighted by molar-refractivity contribution is 6.08. The molecule has 8 heteroatoms. The van der Waals surface area contributed by atoms with Gasteiger partial charge in [-0.05, 0) is 42.7 Å². The zero-order chi connectivity index (χ0) is 21.7. The van der Waals surface area contributed by atoms with Crippen LogP contribution in [0.4, 0.5) is 4.79 Å². The predicted octanol–water partition coefficient (Wildman–Crippen LogP) is 2.93. The minimum absolute atomic E-state index is 0.325. The third-order valence-corrected chi connectivity index (χ3v) is 5.55. The number of ether oxygens (including phenoxy) is 2. The van der Waals surface area contributed by atoms with Crippen molar-refractivity contribution in [2.75, 3.05) is 6.61 Å². The summed E-state index contributed by atoms with van der Waals surface area (Å²) >= 11 is 0. The van der Waals surface area contributed by atoms with Crippen LogP contribution >= 0.6 is 0 Å². The number of hydrogen-bond donors (Lipinski definition) is 2. The molecule has 8 nitrogen and oxygen atoms in total. The summed E-state index contributed by atoms with van der Waals surface area (Å²) in [5.74, 6) is 0.173. The topological polar surface area (TPSA) is 97.0 Å². The Hall–Kier alpha value is -3.55. The number of rotatable bonds is 7. The quantitative estimate of drug-likeness (QED) is 0.668. The Morgan fingerprint density at radius 3 is 2.26 bits per heavy atom. The fraction of sp³-hybridized carbons (Fsp3) is 0.348. The van der Waals surface area contributed by atoms with E-state index < -0.39 is 23.4 Å². The molecule has 1 aliphatic carbocycles. The lowest BCUT2D eigenvalue weighted by Gasteiger charge is -2.30. The molecule has 162 valence electrons. The van der Waals surface area contributed by atoms with Crippen LogP contribution in [0.3, 0.4) is 0 Å². The summed E-state index contributed by atoms with van der Waals surface area (Å²) in [6.07, 6.45) is 3.99. The lowest BCUT2D eigenvalue weighted by molar-refractivity contribution is -0.140. The minimum Gasteiger partial charge on any atom is -0.489 e. The summed E-state index contributed by atoms with van der Waals surface area (Å²) < 4.78 is 11.2. The molecule has 2 N–H and O–H groups in total. The summed E-state index contributed by atoms with van der Waals surface area (Å²) in [4.78, 5) is 37.1. The Labute approximate surface area is 180 Å². The maximum absolute atomic E-state index is 12.7. The Bertz CT molecular complexity index is 939. The van der Waals surface area contributed by atoms with Gasteiger partial charge in [-0.1, -0.05) is 49.6 Å². The van der Waals surface area contributed by atoms with E-state index in [4.69, 9.17) is 9.47 Å². The van der Waals surface area contributed by atoms with E-state index in [1.165, 1.54) is 0 Å². The van der Waals surface area contributed by atoms with Crippen LogP contribution in [-0.2, 0) is 16.2 Å². The van der Waals surface area contributed by atoms with E-state index in [-0.39, 0.29) is 6.61 Å². The summed E-state index contributed by atoms with van der Waals surface area (Å²) in [6.45, 7) is 0.130. The van der Waals surface area contributed by atoms with Gasteiger partial charge in [0.2, 0.25) is 0 Å². The monoisotopic (exact) mass is 423 g/mol. The predicted molar refractivity (Wildman–Crippen MR) is 112 cm³/mol. The number of hydrogen-bond acceptors (Lipinski definition) is 5. The molecule has 2 fully saturated rings. The fourth-order valence-corrected chi connectivity index (χ4v) is 3.89. The second-order valence-corrected chi connectivity index (χ2v) is 7.78. The zero-order valence-corrected chi connectivity index (χ0v) is 17.1. The number of carbonyl (C=O) groups is 3. The first-order chi connectivity index (χ1) is 15.1. The van der Waals surface area contributed by atoms with Crippen molar-refractivity contribution in [1.82, 2.24) is 15.8 Å². The van der Waals surface area contributed by atoms with Crippen LogP contribution in [0.5, 0.6) is 11.5 Å². The summed E-state index contributed by atoms with van der Waals surface area (Å²) in [5, 5.41) is 3.52. The maximum atomic E-state index is 12.7. The van der Waals surface area contributed by atoms with E-state index in [9.17, 15) is 14.4 Å². The normalized spacial score (nSPS) is 17.4. The van der Waals surface area contributed by atoms with Crippen LogP contribution in [0, 0.1) is 0 Å². The van der Waals surface area contributed by atoms with E-state index in [0.717, 1.165) is 29.8 Å². The molecule has 0 unspecified atom stereocenters. The molecule has 4 rings (SSSR count). The van der Waals surface area contributed by atoms with Crippen molar-refractivity contribution < 1.29 is 23.9 Å². The third kappa shape index (κ3) is 4.79. The van der Waals surface area contributed by atoms with Crippen molar-refractivity contribution in [2.24, 2.45) is 0 Å². The molecule has 1 saturated heterocycles. The Morgan fingerprint density at radius 2 is 1.58 bits per heavy atom. The standard InChI is InChI=1S/C23H25N3O5/c27-20(25-26-21(28)23(24-22(26)29)13-5-2-6-14-23)16-31-19-11-9-18(10-12-19)30-15-17-7-3-1-4-8-17/h1,3-4,7-12H,2,5-6,13-16H2,(H,24,29)(H,25,27). The first-order valence-electron chi connectivity index (χ1n) is 10.4. The number of imide groups is 1. The van der Waals surface area contributed by atoms with Crippen molar-refractivity contribution in [3.05, 3.63) is 60.2 Å². The highest BCUT2D eigenvalue weighted by atomic mass is 16.5. The SMILES string of the molecule is O=C(COc1ccc(OCc2ccccc2)cc1)NN1C(=O)NC2(CCCCC2)C1=O. The Morgan fingerprint density at radius 1 is 0.935 bits per heavy atom. The van der Waals surface area contributed by atoms with Crippen LogP contribution in [0.1, 0.15) is 37.7 Å². The van der Waals surface area contributed by atoms with Gasteiger partial charge in [0.15, 0.2) is 6.61 Å². The van der Waals surface area contributed by atoms with E-state index >= 15 is 0 Å². The number of hydrazine groups is 1. The van der Waals surface area contributed by atoms with Crippen LogP contribution in [0.2, 0.25) is 0 Å². The van der Waals surface area contributed by atoms with Gasteiger partial charge in [-0.2, -0.15) is 5.01 Å². The van der Waals surface area contributed by atoms with E-state index in [2.05, 4.69) is 10.7 Å². The lowest BCUT2D eigenvalue weighted by Crippen LogP contribution is -2.51. The first-order valence-corrected chi connectivity index (χ1v) is 10.4. The molecule has 4 amide bonds. The molecular formula is C23H25N3O5. The summed E-state index contributed by atoms with van der Waals surface area (Å²) in [5.41, 5.74) is 2.54. The second-order valence-electron chi connectivity index (χ2n) is 7.78. The number of amides is 4. The molecule has 1 spiro atoms. The van der Waals surface area contributed by atoms with Crippen LogP contribution in [-0.4, -0.2) is 35.0 Å². The van der Waals surface area contributed by atoms with E-state index in [0.29, 0.717) is 30.9 Å². The number of nitrogens with zero attached hydrogens (tertiary/aromatic N) is 1. The van der Waals surface area contributed by atoms with Gasteiger partial charge >= 0.3 is 6.03 Å². The smallest absolute Gasteiger partial charge is 0.344 e. The van der Waals surface area contributed by atoms with Crippen LogP contribution in [0.25, 0.3) is 0 Å². The van der Waals surface area contributed by atoms with Gasteiger partial charge in [-0.25, -0.2) is 4.79 Å². The van der Waals surface area contributed by atoms with Gasteiger partial charge in [0.1, 0.15) is 23.6 Å². The van der Waals surface area contributed by atoms with Gasteiger partial charge in [-0.3, -0.25) is 15.0 Å². The highest BCUT2D eigenvalue weighted by Gasteiger charge is 2.52. The van der Waals surface area contributed by atoms with Crippen molar-refractivity contribution in [3.63, 3.8) is 0 Å². The molecule has 1 aliphatic heterocycles. The van der Waals surface area contributed by atoms with Crippen LogP contribution < -0.4 is 20.2 Å². The molecule has 2 aromatic rings. The molecule has 0 radical (unpaired) electrons. The average molecular weight is 423 g/mol. The molecule has 2 aromatic carbocycles. The second kappa shape index (κ2) is 9.07. The molecule has 1 heterocycles. The molecule has 0 atom stereocenters. The van der Waals surface area contributed by atoms with Crippen molar-refractivity contribution >= 4 is 17.8 Å². The van der Waals surface area contributed by atoms with Crippen molar-refractivity contribution in [1.29, 1.82) is 0 Å². The molecule has 0 bridgehead atoms. The van der Waals surface area contributed by atoms with Crippen molar-refractivity contribution in [3.8, 4) is 11.5 Å². The first kappa shape index (κ1) is 20.7. The number of benzene rings is 2. The molecule has 0 aromatic heterocycles. The highest BCUT2D eigenvalue weighted by Crippen LogP contribution is 2.33. The minimum atomic E-state index is -0.876. The largest absolute Gasteiger partial charge is 0.489 e. The summed E-state index contributed by atoms with van der Waals surface area (Å²) in [6, 6.07) is 16.1. The number of carbonyl (C=O) groups excluding carboxylic acids is 3. The number of nitrogens with one attached hydrogen (secondary N) is 2. The Balaban J connectivity index is 1.25. The average Bonchev–Trinajstić information content (AvgIpc) is 3.02. The molecule has 31 heavy (non-hydrogen) atoms. The van der Waals surface area contributed by atoms with Crippen molar-refractivity contribution in [2.45, 2.75) is 44.2 Å². The fourth-order valence-electron chi connectivity index (χ4n) is 3.89. The van der Waals surface area contributed by atoms with E-state index in [1.54, 1.807) is 24.3 Å². The molecule has 2 aliphatic rings.